The Bertz CT molecular complexity index is 624. The van der Waals surface area contributed by atoms with Gasteiger partial charge in [0.15, 0.2) is 0 Å². The topological polar surface area (TPSA) is 76.3 Å². The molecular formula is C10H4F3LiN4. The van der Waals surface area contributed by atoms with Crippen LogP contribution in [-0.4, -0.2) is 28.8 Å². The van der Waals surface area contributed by atoms with E-state index in [9.17, 15) is 13.2 Å². The van der Waals surface area contributed by atoms with Gasteiger partial charge in [0, 0.05) is 0 Å². The summed E-state index contributed by atoms with van der Waals surface area (Å²) >= 11 is 0. The second kappa shape index (κ2) is 4.74. The van der Waals surface area contributed by atoms with Crippen LogP contribution in [0.15, 0.2) is 12.1 Å². The Balaban J connectivity index is 0.00000162. The minimum absolute atomic E-state index is 0. The summed E-state index contributed by atoms with van der Waals surface area (Å²) in [5, 5.41) is 17.5. The minimum atomic E-state index is -4.64. The van der Waals surface area contributed by atoms with Gasteiger partial charge >= 0.3 is 25.0 Å². The predicted molar refractivity (Wildman–Crippen MR) is 57.7 cm³/mol. The Hall–Kier alpha value is -1.94. The summed E-state index contributed by atoms with van der Waals surface area (Å²) < 4.78 is 37.3. The molecule has 1 N–H and O–H groups in total. The zero-order chi connectivity index (χ0) is 12.6. The number of H-pyrrole nitrogens is 1. The quantitative estimate of drug-likeness (QED) is 0.716. The number of benzene rings is 1. The van der Waals surface area contributed by atoms with Gasteiger partial charge in [-0.1, -0.05) is 0 Å². The summed E-state index contributed by atoms with van der Waals surface area (Å²) in [5.74, 6) is -1.22. The van der Waals surface area contributed by atoms with Crippen molar-refractivity contribution in [3.05, 3.63) is 29.1 Å². The molecule has 0 unspecified atom stereocenters. The van der Waals surface area contributed by atoms with Crippen LogP contribution in [0.2, 0.25) is 0 Å². The van der Waals surface area contributed by atoms with E-state index in [0.717, 1.165) is 0 Å². The van der Waals surface area contributed by atoms with Crippen LogP contribution in [0.25, 0.3) is 11.0 Å². The number of aromatic amines is 1. The number of halogens is 3. The Kier molecular flexibility index (Phi) is 3.72. The monoisotopic (exact) mass is 244 g/mol. The van der Waals surface area contributed by atoms with Gasteiger partial charge in [-0.05, 0) is 12.1 Å². The third-order valence-corrected chi connectivity index (χ3v) is 2.15. The summed E-state index contributed by atoms with van der Waals surface area (Å²) in [4.78, 5) is 5.33. The van der Waals surface area contributed by atoms with E-state index in [1.807, 2.05) is 4.98 Å². The number of imidazole rings is 1. The average molecular weight is 244 g/mol. The Labute approximate surface area is 111 Å². The molecule has 86 valence electrons. The van der Waals surface area contributed by atoms with Gasteiger partial charge < -0.3 is 4.98 Å². The molecule has 0 bridgehead atoms. The van der Waals surface area contributed by atoms with E-state index in [2.05, 4.69) is 4.98 Å². The van der Waals surface area contributed by atoms with Crippen molar-refractivity contribution in [3.63, 3.8) is 0 Å². The number of fused-ring (bicyclic) bond motifs is 1. The zero-order valence-corrected chi connectivity index (χ0v) is 8.13. The van der Waals surface area contributed by atoms with Crippen LogP contribution in [-0.2, 0) is 6.18 Å². The fourth-order valence-corrected chi connectivity index (χ4v) is 1.41. The third-order valence-electron chi connectivity index (χ3n) is 2.15. The maximum atomic E-state index is 12.4. The molecule has 0 spiro atoms. The van der Waals surface area contributed by atoms with E-state index in [4.69, 9.17) is 10.5 Å². The number of nitriles is 2. The molecule has 0 aliphatic carbocycles. The number of alkyl halides is 3. The van der Waals surface area contributed by atoms with E-state index >= 15 is 0 Å². The second-order valence-corrected chi connectivity index (χ2v) is 3.19. The third kappa shape index (κ3) is 2.19. The molecule has 2 rings (SSSR count). The molecule has 4 nitrogen and oxygen atoms in total. The van der Waals surface area contributed by atoms with E-state index in [-0.39, 0.29) is 41.0 Å². The van der Waals surface area contributed by atoms with Crippen LogP contribution in [0, 0.1) is 22.7 Å². The zero-order valence-electron chi connectivity index (χ0n) is 8.13. The Morgan fingerprint density at radius 3 is 2.17 bits per heavy atom. The molecule has 0 fully saturated rings. The van der Waals surface area contributed by atoms with Gasteiger partial charge in [0.2, 0.25) is 5.82 Å². The first-order chi connectivity index (χ1) is 7.97. The number of nitrogens with zero attached hydrogens (tertiary/aromatic N) is 3. The van der Waals surface area contributed by atoms with Crippen LogP contribution < -0.4 is 0 Å². The SMILES string of the molecule is N#Cc1ccc(C#N)c2[nH]c(C(F)(F)F)nc12.[LiH]. The summed E-state index contributed by atoms with van der Waals surface area (Å²) in [6, 6.07) is 6.01. The van der Waals surface area contributed by atoms with Gasteiger partial charge in [0.05, 0.1) is 16.6 Å². The molecule has 8 heteroatoms. The first-order valence-corrected chi connectivity index (χ1v) is 4.37. The molecule has 0 aliphatic heterocycles. The van der Waals surface area contributed by atoms with Gasteiger partial charge in [-0.3, -0.25) is 0 Å². The van der Waals surface area contributed by atoms with Gasteiger partial charge in [0.1, 0.15) is 17.7 Å². The van der Waals surface area contributed by atoms with Crippen molar-refractivity contribution in [2.75, 3.05) is 0 Å². The van der Waals surface area contributed by atoms with Crippen molar-refractivity contribution in [2.45, 2.75) is 6.18 Å². The van der Waals surface area contributed by atoms with E-state index < -0.39 is 12.0 Å². The van der Waals surface area contributed by atoms with Crippen LogP contribution in [0.4, 0.5) is 13.2 Å². The van der Waals surface area contributed by atoms with E-state index in [1.165, 1.54) is 12.1 Å². The molecule has 2 aromatic rings. The normalized spacial score (nSPS) is 10.5. The maximum absolute atomic E-state index is 12.4. The average Bonchev–Trinajstić information content (AvgIpc) is 2.72. The van der Waals surface area contributed by atoms with Crippen molar-refractivity contribution >= 4 is 29.9 Å². The fourth-order valence-electron chi connectivity index (χ4n) is 1.41. The molecule has 0 amide bonds. The van der Waals surface area contributed by atoms with Crippen molar-refractivity contribution < 1.29 is 13.2 Å². The number of aromatic nitrogens is 2. The van der Waals surface area contributed by atoms with Crippen molar-refractivity contribution in [2.24, 2.45) is 0 Å². The Morgan fingerprint density at radius 1 is 1.11 bits per heavy atom. The summed E-state index contributed by atoms with van der Waals surface area (Å²) in [6.45, 7) is 0. The standard InChI is InChI=1S/C10H3F3N4.Li.H/c11-10(12,13)9-16-7-5(3-14)1-2-6(4-15)8(7)17-9;;/h1-2H,(H,16,17);;. The predicted octanol–water partition coefficient (Wildman–Crippen LogP) is 1.68. The molecule has 1 heterocycles. The molecule has 0 aliphatic rings. The summed E-state index contributed by atoms with van der Waals surface area (Å²) in [7, 11) is 0. The first kappa shape index (κ1) is 14.1. The summed E-state index contributed by atoms with van der Waals surface area (Å²) in [6.07, 6.45) is -4.64. The van der Waals surface area contributed by atoms with Crippen molar-refractivity contribution in [1.82, 2.24) is 9.97 Å². The van der Waals surface area contributed by atoms with E-state index in [1.54, 1.807) is 12.1 Å². The molecule has 1 aromatic heterocycles. The fraction of sp³-hybridized carbons (Fsp3) is 0.100. The molecule has 1 aromatic carbocycles. The molecule has 18 heavy (non-hydrogen) atoms. The van der Waals surface area contributed by atoms with Crippen LogP contribution in [0.5, 0.6) is 0 Å². The second-order valence-electron chi connectivity index (χ2n) is 3.19. The number of hydrogen-bond donors (Lipinski definition) is 1. The van der Waals surface area contributed by atoms with Gasteiger partial charge in [-0.25, -0.2) is 4.98 Å². The molecule has 0 saturated heterocycles. The first-order valence-electron chi connectivity index (χ1n) is 4.37. The number of rotatable bonds is 0. The van der Waals surface area contributed by atoms with Crippen LogP contribution >= 0.6 is 0 Å². The molecule has 0 saturated carbocycles. The number of hydrogen-bond acceptors (Lipinski definition) is 3. The van der Waals surface area contributed by atoms with Crippen LogP contribution in [0.3, 0.4) is 0 Å². The van der Waals surface area contributed by atoms with Gasteiger partial charge in [-0.2, -0.15) is 23.7 Å². The molecular weight excluding hydrogens is 240 g/mol. The van der Waals surface area contributed by atoms with Crippen molar-refractivity contribution in [3.8, 4) is 12.1 Å². The molecule has 0 radical (unpaired) electrons. The number of nitrogens with one attached hydrogen (secondary N) is 1. The van der Waals surface area contributed by atoms with E-state index in [0.29, 0.717) is 0 Å². The van der Waals surface area contributed by atoms with Gasteiger partial charge in [0.25, 0.3) is 0 Å². The Morgan fingerprint density at radius 2 is 1.67 bits per heavy atom. The van der Waals surface area contributed by atoms with Crippen molar-refractivity contribution in [1.29, 1.82) is 10.5 Å². The van der Waals surface area contributed by atoms with Crippen LogP contribution in [0.1, 0.15) is 17.0 Å². The van der Waals surface area contributed by atoms with Gasteiger partial charge in [-0.15, -0.1) is 0 Å². The summed E-state index contributed by atoms with van der Waals surface area (Å²) in [5.41, 5.74) is -0.203. The molecule has 0 atom stereocenters.